The Labute approximate surface area is 149 Å². The number of hydrogen-bond acceptors (Lipinski definition) is 5. The minimum Gasteiger partial charge on any atom is -0.397 e. The van der Waals surface area contributed by atoms with Crippen molar-refractivity contribution < 1.29 is 9.13 Å². The quantitative estimate of drug-likeness (QED) is 0.628. The number of anilines is 2. The summed E-state index contributed by atoms with van der Waals surface area (Å²) in [4.78, 5) is 6.43. The molecule has 0 aromatic carbocycles. The minimum absolute atomic E-state index is 0.107. The Morgan fingerprint density at radius 3 is 2.80 bits per heavy atom. The zero-order valence-corrected chi connectivity index (χ0v) is 16.5. The number of hydrogen-bond donors (Lipinski definition) is 1. The molecule has 0 spiro atoms. The molecule has 1 aliphatic rings. The maximum atomic E-state index is 13.8. The summed E-state index contributed by atoms with van der Waals surface area (Å²) in [6, 6.07) is 3.07. The van der Waals surface area contributed by atoms with Crippen molar-refractivity contribution in [3.05, 3.63) is 12.3 Å². The lowest BCUT2D eigenvalue weighted by Crippen LogP contribution is -2.27. The maximum absolute atomic E-state index is 13.8. The molecule has 3 rings (SSSR count). The van der Waals surface area contributed by atoms with Gasteiger partial charge in [-0.15, -0.1) is 0 Å². The number of nitrogens with two attached hydrogens (primary N) is 1. The van der Waals surface area contributed by atoms with Gasteiger partial charge >= 0.3 is 0 Å². The average molecular weight is 366 g/mol. The van der Waals surface area contributed by atoms with Crippen LogP contribution in [0.25, 0.3) is 11.0 Å². The van der Waals surface area contributed by atoms with E-state index in [2.05, 4.69) is 29.7 Å². The third-order valence-corrected chi connectivity index (χ3v) is 6.30. The van der Waals surface area contributed by atoms with E-state index in [1.165, 1.54) is 0 Å². The SMILES string of the molecule is C[C@H]1C[C@H](F)CN1c1nn(COCC[Si](C)(C)C)c2ncc(N)cc12. The van der Waals surface area contributed by atoms with E-state index >= 15 is 0 Å². The number of nitrogens with zero attached hydrogens (tertiary/aromatic N) is 4. The summed E-state index contributed by atoms with van der Waals surface area (Å²) >= 11 is 0. The van der Waals surface area contributed by atoms with Crippen molar-refractivity contribution in [1.82, 2.24) is 14.8 Å². The van der Waals surface area contributed by atoms with Crippen molar-refractivity contribution in [3.8, 4) is 0 Å². The third-order valence-electron chi connectivity index (χ3n) is 4.59. The lowest BCUT2D eigenvalue weighted by Gasteiger charge is -2.20. The molecule has 2 N–H and O–H groups in total. The van der Waals surface area contributed by atoms with Crippen molar-refractivity contribution in [2.75, 3.05) is 23.8 Å². The Bertz CT molecular complexity index is 744. The zero-order valence-electron chi connectivity index (χ0n) is 15.5. The molecule has 3 heterocycles. The standard InChI is InChI=1S/C17H28FN5OSi/c1-12-7-13(18)10-22(12)17-15-8-14(19)9-20-16(15)23(21-17)11-24-5-6-25(2,3)4/h8-9,12-13H,5-7,10-11,19H2,1-4H3/t12-,13-/m0/s1. The number of alkyl halides is 1. The highest BCUT2D eigenvalue weighted by atomic mass is 28.3. The Hall–Kier alpha value is -1.67. The molecule has 0 radical (unpaired) electrons. The summed E-state index contributed by atoms with van der Waals surface area (Å²) in [7, 11) is -1.13. The van der Waals surface area contributed by atoms with Gasteiger partial charge in [-0.2, -0.15) is 5.10 Å². The van der Waals surface area contributed by atoms with Crippen molar-refractivity contribution >= 4 is 30.6 Å². The molecule has 25 heavy (non-hydrogen) atoms. The lowest BCUT2D eigenvalue weighted by atomic mass is 10.2. The molecule has 0 bridgehead atoms. The van der Waals surface area contributed by atoms with Gasteiger partial charge in [0.1, 0.15) is 12.9 Å². The molecular weight excluding hydrogens is 337 g/mol. The number of aromatic nitrogens is 3. The fraction of sp³-hybridized carbons (Fsp3) is 0.647. The molecule has 2 aromatic heterocycles. The highest BCUT2D eigenvalue weighted by Gasteiger charge is 2.32. The fourth-order valence-electron chi connectivity index (χ4n) is 3.15. The van der Waals surface area contributed by atoms with Gasteiger partial charge in [-0.3, -0.25) is 0 Å². The number of fused-ring (bicyclic) bond motifs is 1. The first-order valence-electron chi connectivity index (χ1n) is 8.85. The van der Waals surface area contributed by atoms with Crippen molar-refractivity contribution in [2.45, 2.75) is 58.0 Å². The maximum Gasteiger partial charge on any atom is 0.162 e. The van der Waals surface area contributed by atoms with Gasteiger partial charge in [0.25, 0.3) is 0 Å². The van der Waals surface area contributed by atoms with E-state index in [0.717, 1.165) is 22.9 Å². The first kappa shape index (κ1) is 18.1. The van der Waals surface area contributed by atoms with Gasteiger partial charge in [0, 0.05) is 27.1 Å². The van der Waals surface area contributed by atoms with E-state index in [-0.39, 0.29) is 6.04 Å². The van der Waals surface area contributed by atoms with Gasteiger partial charge in [-0.1, -0.05) is 19.6 Å². The van der Waals surface area contributed by atoms with E-state index in [4.69, 9.17) is 10.5 Å². The largest absolute Gasteiger partial charge is 0.397 e. The van der Waals surface area contributed by atoms with Crippen LogP contribution in [0.15, 0.2) is 12.3 Å². The summed E-state index contributed by atoms with van der Waals surface area (Å²) < 4.78 is 21.4. The van der Waals surface area contributed by atoms with E-state index in [1.807, 2.05) is 17.9 Å². The molecule has 0 aliphatic carbocycles. The van der Waals surface area contributed by atoms with Crippen LogP contribution in [0, 0.1) is 0 Å². The number of ether oxygens (including phenoxy) is 1. The Balaban J connectivity index is 1.84. The normalized spacial score (nSPS) is 21.4. The van der Waals surface area contributed by atoms with Crippen LogP contribution in [0.5, 0.6) is 0 Å². The predicted octanol–water partition coefficient (Wildman–Crippen LogP) is 3.26. The Kier molecular flexibility index (Phi) is 5.01. The van der Waals surface area contributed by atoms with Gasteiger partial charge in [0.05, 0.1) is 23.8 Å². The minimum atomic E-state index is -1.13. The first-order valence-corrected chi connectivity index (χ1v) is 12.6. The van der Waals surface area contributed by atoms with Crippen LogP contribution in [0.3, 0.4) is 0 Å². The smallest absolute Gasteiger partial charge is 0.162 e. The van der Waals surface area contributed by atoms with Crippen LogP contribution in [-0.2, 0) is 11.5 Å². The predicted molar refractivity (Wildman–Crippen MR) is 102 cm³/mol. The lowest BCUT2D eigenvalue weighted by molar-refractivity contribution is 0.0814. The zero-order chi connectivity index (χ0) is 18.2. The van der Waals surface area contributed by atoms with Gasteiger partial charge in [0.15, 0.2) is 11.5 Å². The molecule has 8 heteroatoms. The molecule has 6 nitrogen and oxygen atoms in total. The summed E-state index contributed by atoms with van der Waals surface area (Å²) in [5.74, 6) is 0.747. The van der Waals surface area contributed by atoms with Gasteiger partial charge in [-0.05, 0) is 19.0 Å². The number of nitrogen functional groups attached to an aromatic ring is 1. The fourth-order valence-corrected chi connectivity index (χ4v) is 3.91. The molecule has 0 amide bonds. The molecule has 138 valence electrons. The second-order valence-electron chi connectivity index (χ2n) is 8.15. The molecule has 2 atom stereocenters. The monoisotopic (exact) mass is 365 g/mol. The molecule has 0 saturated carbocycles. The topological polar surface area (TPSA) is 69.2 Å². The van der Waals surface area contributed by atoms with Gasteiger partial charge in [-0.25, -0.2) is 14.1 Å². The third kappa shape index (κ3) is 4.12. The summed E-state index contributed by atoms with van der Waals surface area (Å²) in [6.45, 7) is 10.4. The molecule has 0 unspecified atom stereocenters. The average Bonchev–Trinajstić information content (AvgIpc) is 3.02. The molecule has 1 aliphatic heterocycles. The van der Waals surface area contributed by atoms with Crippen LogP contribution in [0.2, 0.25) is 25.7 Å². The summed E-state index contributed by atoms with van der Waals surface area (Å²) in [5.41, 5.74) is 7.22. The van der Waals surface area contributed by atoms with Crippen LogP contribution in [-0.4, -0.2) is 48.2 Å². The van der Waals surface area contributed by atoms with Crippen LogP contribution < -0.4 is 10.6 Å². The Morgan fingerprint density at radius 2 is 2.16 bits per heavy atom. The van der Waals surface area contributed by atoms with Gasteiger partial charge < -0.3 is 15.4 Å². The number of pyridine rings is 1. The van der Waals surface area contributed by atoms with E-state index in [1.54, 1.807) is 10.9 Å². The summed E-state index contributed by atoms with van der Waals surface area (Å²) in [6.07, 6.45) is 1.33. The van der Waals surface area contributed by atoms with Crippen LogP contribution in [0.1, 0.15) is 13.3 Å². The second-order valence-corrected chi connectivity index (χ2v) is 13.8. The van der Waals surface area contributed by atoms with Crippen LogP contribution >= 0.6 is 0 Å². The summed E-state index contributed by atoms with van der Waals surface area (Å²) in [5, 5.41) is 5.53. The Morgan fingerprint density at radius 1 is 1.40 bits per heavy atom. The van der Waals surface area contributed by atoms with E-state index < -0.39 is 14.2 Å². The van der Waals surface area contributed by atoms with Crippen molar-refractivity contribution in [3.63, 3.8) is 0 Å². The molecule has 1 saturated heterocycles. The molecule has 1 fully saturated rings. The highest BCUT2D eigenvalue weighted by Crippen LogP contribution is 2.32. The van der Waals surface area contributed by atoms with Crippen molar-refractivity contribution in [1.29, 1.82) is 0 Å². The highest BCUT2D eigenvalue weighted by molar-refractivity contribution is 6.76. The van der Waals surface area contributed by atoms with E-state index in [9.17, 15) is 4.39 Å². The molecular formula is C17H28FN5OSi. The first-order chi connectivity index (χ1) is 11.7. The van der Waals surface area contributed by atoms with Gasteiger partial charge in [0.2, 0.25) is 0 Å². The molecule has 2 aromatic rings. The van der Waals surface area contributed by atoms with Crippen LogP contribution in [0.4, 0.5) is 15.9 Å². The second kappa shape index (κ2) is 6.91. The number of halogens is 1. The van der Waals surface area contributed by atoms with E-state index in [0.29, 0.717) is 32.0 Å². The number of rotatable bonds is 6. The van der Waals surface area contributed by atoms with Crippen molar-refractivity contribution in [2.24, 2.45) is 0 Å².